The molecule has 3 atom stereocenters. The molecule has 0 saturated carbocycles. The maximum atomic E-state index is 13.6. The van der Waals surface area contributed by atoms with Crippen molar-refractivity contribution in [3.63, 3.8) is 0 Å². The van der Waals surface area contributed by atoms with Gasteiger partial charge in [-0.2, -0.15) is 0 Å². The minimum atomic E-state index is -1.01. The number of likely N-dealkylation sites (tertiary alicyclic amines) is 1. The smallest absolute Gasteiger partial charge is 0.229 e. The van der Waals surface area contributed by atoms with Gasteiger partial charge in [0.2, 0.25) is 11.8 Å². The van der Waals surface area contributed by atoms with Gasteiger partial charge < -0.3 is 10.2 Å². The van der Waals surface area contributed by atoms with Crippen LogP contribution in [0.3, 0.4) is 0 Å². The quantitative estimate of drug-likeness (QED) is 0.246. The van der Waals surface area contributed by atoms with Crippen LogP contribution < -0.4 is 5.32 Å². The molecule has 0 bridgehead atoms. The molecule has 45 heavy (non-hydrogen) atoms. The van der Waals surface area contributed by atoms with Gasteiger partial charge in [-0.25, -0.2) is 0 Å². The molecule has 8 heteroatoms. The average Bonchev–Trinajstić information content (AvgIpc) is 2.99. The third-order valence-electron chi connectivity index (χ3n) is 7.49. The highest BCUT2D eigenvalue weighted by atomic mass is 35.5. The number of hydrogen-bond donors (Lipinski definition) is 1. The molecule has 2 amide bonds. The van der Waals surface area contributed by atoms with Gasteiger partial charge in [-0.15, -0.1) is 0 Å². The second kappa shape index (κ2) is 19.1. The number of nitrogens with zero attached hydrogens (tertiary/aromatic N) is 1. The molecule has 0 aromatic heterocycles. The van der Waals surface area contributed by atoms with Crippen LogP contribution in [0.2, 0.25) is 10.0 Å². The van der Waals surface area contributed by atoms with E-state index in [9.17, 15) is 13.8 Å². The fourth-order valence-corrected chi connectivity index (χ4v) is 6.33. The van der Waals surface area contributed by atoms with Crippen molar-refractivity contribution in [2.75, 3.05) is 24.2 Å². The molecule has 246 valence electrons. The minimum absolute atomic E-state index is 0.0397. The highest BCUT2D eigenvalue weighted by Gasteiger charge is 2.45. The molecule has 1 heterocycles. The number of hydrogen-bond acceptors (Lipinski definition) is 3. The number of benzene rings is 3. The van der Waals surface area contributed by atoms with Crippen LogP contribution in [0.25, 0.3) is 0 Å². The Balaban J connectivity index is 0.000000603. The molecule has 1 saturated heterocycles. The molecular weight excluding hydrogens is 623 g/mol. The fourth-order valence-electron chi connectivity index (χ4n) is 5.11. The van der Waals surface area contributed by atoms with Gasteiger partial charge in [0.1, 0.15) is 0 Å². The summed E-state index contributed by atoms with van der Waals surface area (Å²) in [5, 5.41) is 4.45. The first-order chi connectivity index (χ1) is 21.3. The number of carbonyl (C=O) groups excluding carboxylic acids is 2. The van der Waals surface area contributed by atoms with Gasteiger partial charge in [-0.05, 0) is 59.9 Å². The van der Waals surface area contributed by atoms with Gasteiger partial charge >= 0.3 is 0 Å². The van der Waals surface area contributed by atoms with E-state index in [4.69, 9.17) is 23.2 Å². The highest BCUT2D eigenvalue weighted by Crippen LogP contribution is 2.42. The fraction of sp³-hybridized carbons (Fsp3) is 0.459. The van der Waals surface area contributed by atoms with Crippen molar-refractivity contribution in [3.05, 3.63) is 100 Å². The summed E-state index contributed by atoms with van der Waals surface area (Å²) in [6.45, 7) is 15.2. The number of amides is 2. The summed E-state index contributed by atoms with van der Waals surface area (Å²) in [7, 11) is -1.01. The maximum absolute atomic E-state index is 13.6. The SMILES string of the molecule is CC(C)c1ccc(NC(=O)CC2(C)CC(c3cccc(Cl)c3)CN(CCS(=O)C(C)C)C2=O)cc1.CCC.Clc1ccccc1. The Labute approximate surface area is 283 Å². The Morgan fingerprint density at radius 3 is 2.07 bits per heavy atom. The zero-order chi connectivity index (χ0) is 33.6. The molecule has 1 fully saturated rings. The predicted octanol–water partition coefficient (Wildman–Crippen LogP) is 9.73. The lowest BCUT2D eigenvalue weighted by Gasteiger charge is -2.43. The van der Waals surface area contributed by atoms with Gasteiger partial charge in [0.15, 0.2) is 0 Å². The summed E-state index contributed by atoms with van der Waals surface area (Å²) in [6, 6.07) is 25.0. The summed E-state index contributed by atoms with van der Waals surface area (Å²) in [6.07, 6.45) is 1.88. The molecular formula is C37H50Cl2N2O3S. The molecule has 1 N–H and O–H groups in total. The van der Waals surface area contributed by atoms with Crippen LogP contribution in [-0.2, 0) is 20.4 Å². The Hall–Kier alpha value is -2.67. The van der Waals surface area contributed by atoms with E-state index in [1.54, 1.807) is 4.90 Å². The minimum Gasteiger partial charge on any atom is -0.341 e. The summed E-state index contributed by atoms with van der Waals surface area (Å²) in [5.41, 5.74) is 2.11. The molecule has 3 aromatic rings. The van der Waals surface area contributed by atoms with Crippen molar-refractivity contribution in [2.24, 2.45) is 5.41 Å². The lowest BCUT2D eigenvalue weighted by atomic mass is 9.71. The van der Waals surface area contributed by atoms with Crippen LogP contribution in [0, 0.1) is 5.41 Å². The van der Waals surface area contributed by atoms with Crippen LogP contribution >= 0.6 is 23.2 Å². The van der Waals surface area contributed by atoms with E-state index in [1.165, 1.54) is 12.0 Å². The Kier molecular flexibility index (Phi) is 16.3. The lowest BCUT2D eigenvalue weighted by molar-refractivity contribution is -0.148. The van der Waals surface area contributed by atoms with Gasteiger partial charge in [-0.1, -0.05) is 121 Å². The molecule has 1 aliphatic heterocycles. The zero-order valence-corrected chi connectivity index (χ0v) is 30.1. The Morgan fingerprint density at radius 2 is 1.56 bits per heavy atom. The Morgan fingerprint density at radius 1 is 0.956 bits per heavy atom. The van der Waals surface area contributed by atoms with Crippen LogP contribution in [0.1, 0.15) is 90.7 Å². The van der Waals surface area contributed by atoms with Crippen molar-refractivity contribution in [3.8, 4) is 0 Å². The molecule has 1 aliphatic rings. The lowest BCUT2D eigenvalue weighted by Crippen LogP contribution is -2.52. The molecule has 0 spiro atoms. The normalized spacial score (nSPS) is 18.4. The van der Waals surface area contributed by atoms with E-state index in [1.807, 2.05) is 99.6 Å². The third kappa shape index (κ3) is 12.9. The van der Waals surface area contributed by atoms with E-state index < -0.39 is 16.2 Å². The third-order valence-corrected chi connectivity index (χ3v) is 9.62. The standard InChI is InChI=1S/C28H37ClN2O3S.C6H5Cl.C3H8/c1-19(2)21-9-11-25(12-10-21)30-26(32)17-28(5)16-23(22-7-6-8-24(29)15-22)18-31(27(28)33)13-14-35(34)20(3)4;7-6-4-2-1-3-5-6;1-3-2/h6-12,15,19-20,23H,13-14,16-18H2,1-5H3,(H,30,32);1-5H;3H2,1-2H3. The highest BCUT2D eigenvalue weighted by molar-refractivity contribution is 7.85. The summed E-state index contributed by atoms with van der Waals surface area (Å²) < 4.78 is 12.4. The largest absolute Gasteiger partial charge is 0.341 e. The van der Waals surface area contributed by atoms with Crippen molar-refractivity contribution in [1.82, 2.24) is 4.90 Å². The average molecular weight is 674 g/mol. The topological polar surface area (TPSA) is 66.5 Å². The number of anilines is 1. The summed E-state index contributed by atoms with van der Waals surface area (Å²) in [5.74, 6) is 0.647. The first-order valence-corrected chi connectivity index (χ1v) is 18.0. The van der Waals surface area contributed by atoms with Crippen LogP contribution in [0.15, 0.2) is 78.9 Å². The maximum Gasteiger partial charge on any atom is 0.229 e. The van der Waals surface area contributed by atoms with E-state index in [2.05, 4.69) is 33.0 Å². The number of rotatable bonds is 9. The van der Waals surface area contributed by atoms with Crippen molar-refractivity contribution >= 4 is 51.5 Å². The first kappa shape index (κ1) is 38.5. The van der Waals surface area contributed by atoms with Crippen LogP contribution in [-0.4, -0.2) is 45.0 Å². The molecule has 5 nitrogen and oxygen atoms in total. The Bertz CT molecular complexity index is 1370. The zero-order valence-electron chi connectivity index (χ0n) is 27.8. The van der Waals surface area contributed by atoms with E-state index in [0.717, 1.165) is 16.3 Å². The van der Waals surface area contributed by atoms with Gasteiger partial charge in [-0.3, -0.25) is 13.8 Å². The molecule has 3 aromatic carbocycles. The van der Waals surface area contributed by atoms with Gasteiger partial charge in [0.25, 0.3) is 0 Å². The predicted molar refractivity (Wildman–Crippen MR) is 193 cm³/mol. The van der Waals surface area contributed by atoms with Crippen LogP contribution in [0.4, 0.5) is 5.69 Å². The molecule has 0 radical (unpaired) electrons. The second-order valence-electron chi connectivity index (χ2n) is 12.4. The second-order valence-corrected chi connectivity index (χ2v) is 15.4. The van der Waals surface area contributed by atoms with Gasteiger partial charge in [0, 0.05) is 63.0 Å². The van der Waals surface area contributed by atoms with Crippen molar-refractivity contribution in [1.29, 1.82) is 0 Å². The number of halogens is 2. The van der Waals surface area contributed by atoms with E-state index in [0.29, 0.717) is 36.2 Å². The monoisotopic (exact) mass is 672 g/mol. The number of carbonyl (C=O) groups is 2. The van der Waals surface area contributed by atoms with Gasteiger partial charge in [0.05, 0.1) is 5.41 Å². The van der Waals surface area contributed by atoms with Crippen molar-refractivity contribution in [2.45, 2.75) is 84.8 Å². The molecule has 3 unspecified atom stereocenters. The van der Waals surface area contributed by atoms with Crippen LogP contribution in [0.5, 0.6) is 0 Å². The van der Waals surface area contributed by atoms with Crippen molar-refractivity contribution < 1.29 is 13.8 Å². The first-order valence-electron chi connectivity index (χ1n) is 15.8. The summed E-state index contributed by atoms with van der Waals surface area (Å²) in [4.78, 5) is 28.5. The van der Waals surface area contributed by atoms with E-state index in [-0.39, 0.29) is 29.4 Å². The van der Waals surface area contributed by atoms with E-state index >= 15 is 0 Å². The number of nitrogens with one attached hydrogen (secondary N) is 1. The molecule has 4 rings (SSSR count). The number of piperidine rings is 1. The molecule has 0 aliphatic carbocycles. The summed E-state index contributed by atoms with van der Waals surface area (Å²) >= 11 is 11.8.